The van der Waals surface area contributed by atoms with Crippen molar-refractivity contribution in [2.24, 2.45) is 5.92 Å². The summed E-state index contributed by atoms with van der Waals surface area (Å²) in [7, 11) is 0. The molecule has 0 amide bonds. The van der Waals surface area contributed by atoms with Crippen molar-refractivity contribution in [3.63, 3.8) is 0 Å². The fourth-order valence-corrected chi connectivity index (χ4v) is 3.21. The van der Waals surface area contributed by atoms with Gasteiger partial charge in [-0.25, -0.2) is 0 Å². The van der Waals surface area contributed by atoms with Gasteiger partial charge in [-0.05, 0) is 57.5 Å². The van der Waals surface area contributed by atoms with Crippen molar-refractivity contribution in [3.05, 3.63) is 53.3 Å². The molecule has 3 rings (SSSR count). The molecule has 1 aliphatic heterocycles. The van der Waals surface area contributed by atoms with E-state index in [1.807, 2.05) is 25.1 Å². The van der Waals surface area contributed by atoms with Crippen LogP contribution < -0.4 is 4.74 Å². The molecule has 4 heteroatoms. The molecule has 2 aromatic rings. The molecular weight excluding hydrogens is 300 g/mol. The summed E-state index contributed by atoms with van der Waals surface area (Å²) in [5.74, 6) is 1.75. The van der Waals surface area contributed by atoms with Crippen LogP contribution in [0.2, 0.25) is 0 Å². The highest BCUT2D eigenvalue weighted by molar-refractivity contribution is 5.28. The lowest BCUT2D eigenvalue weighted by Crippen LogP contribution is -2.37. The third-order valence-electron chi connectivity index (χ3n) is 4.57. The van der Waals surface area contributed by atoms with E-state index >= 15 is 0 Å². The number of likely N-dealkylation sites (tertiary alicyclic amines) is 1. The van der Waals surface area contributed by atoms with Crippen molar-refractivity contribution < 1.29 is 9.84 Å². The number of nitrogens with zero attached hydrogens (tertiary/aromatic N) is 2. The van der Waals surface area contributed by atoms with Crippen LogP contribution in [0.4, 0.5) is 0 Å². The molecular formula is C20H26N2O2. The van der Waals surface area contributed by atoms with E-state index in [1.165, 1.54) is 12.0 Å². The number of hydrogen-bond donors (Lipinski definition) is 1. The first-order valence-electron chi connectivity index (χ1n) is 8.67. The van der Waals surface area contributed by atoms with E-state index in [0.717, 1.165) is 43.3 Å². The van der Waals surface area contributed by atoms with E-state index in [-0.39, 0.29) is 0 Å². The highest BCUT2D eigenvalue weighted by atomic mass is 16.5. The second-order valence-corrected chi connectivity index (χ2v) is 6.79. The first kappa shape index (κ1) is 16.8. The van der Waals surface area contributed by atoms with E-state index in [9.17, 15) is 5.11 Å². The lowest BCUT2D eigenvalue weighted by Gasteiger charge is -2.32. The van der Waals surface area contributed by atoms with Gasteiger partial charge in [0, 0.05) is 24.7 Å². The summed E-state index contributed by atoms with van der Waals surface area (Å²) < 4.78 is 5.95. The Balaban J connectivity index is 1.54. The van der Waals surface area contributed by atoms with Crippen molar-refractivity contribution in [3.8, 4) is 11.5 Å². The summed E-state index contributed by atoms with van der Waals surface area (Å²) in [4.78, 5) is 6.84. The molecule has 1 saturated heterocycles. The quantitative estimate of drug-likeness (QED) is 0.910. The molecule has 128 valence electrons. The van der Waals surface area contributed by atoms with Crippen LogP contribution in [-0.2, 0) is 6.54 Å². The summed E-state index contributed by atoms with van der Waals surface area (Å²) in [6.45, 7) is 7.52. The monoisotopic (exact) mass is 326 g/mol. The SMILES string of the molecule is Cc1ccc(OC[C@@H]2CCCN(Cc3nc(C)ccc3O)C2)cc1. The molecule has 0 saturated carbocycles. The maximum atomic E-state index is 9.99. The minimum absolute atomic E-state index is 0.290. The lowest BCUT2D eigenvalue weighted by molar-refractivity contribution is 0.123. The fourth-order valence-electron chi connectivity index (χ4n) is 3.21. The van der Waals surface area contributed by atoms with Crippen molar-refractivity contribution in [1.29, 1.82) is 0 Å². The summed E-state index contributed by atoms with van der Waals surface area (Å²) in [5, 5.41) is 9.99. The van der Waals surface area contributed by atoms with Crippen molar-refractivity contribution in [2.75, 3.05) is 19.7 Å². The zero-order valence-corrected chi connectivity index (χ0v) is 14.5. The highest BCUT2D eigenvalue weighted by Gasteiger charge is 2.21. The number of aryl methyl sites for hydroxylation is 2. The smallest absolute Gasteiger partial charge is 0.138 e. The van der Waals surface area contributed by atoms with Gasteiger partial charge < -0.3 is 9.84 Å². The first-order valence-corrected chi connectivity index (χ1v) is 8.67. The molecule has 4 nitrogen and oxygen atoms in total. The average molecular weight is 326 g/mol. The van der Waals surface area contributed by atoms with Gasteiger partial charge in [-0.1, -0.05) is 17.7 Å². The van der Waals surface area contributed by atoms with Crippen LogP contribution in [0, 0.1) is 19.8 Å². The molecule has 0 unspecified atom stereocenters. The number of ether oxygens (including phenoxy) is 1. The maximum absolute atomic E-state index is 9.99. The van der Waals surface area contributed by atoms with Crippen LogP contribution in [0.1, 0.15) is 29.8 Å². The normalized spacial score (nSPS) is 18.5. The number of rotatable bonds is 5. The standard InChI is InChI=1S/C20H26N2O2/c1-15-5-8-18(9-6-15)24-14-17-4-3-11-22(12-17)13-19-20(23)10-7-16(2)21-19/h5-10,17,23H,3-4,11-14H2,1-2H3/t17-/m1/s1. The van der Waals surface area contributed by atoms with Crippen LogP contribution in [0.25, 0.3) is 0 Å². The maximum Gasteiger partial charge on any atom is 0.138 e. The predicted octanol–water partition coefficient (Wildman–Crippen LogP) is 3.70. The van der Waals surface area contributed by atoms with E-state index in [4.69, 9.17) is 4.74 Å². The number of pyridine rings is 1. The molecule has 1 N–H and O–H groups in total. The van der Waals surface area contributed by atoms with Gasteiger partial charge in [0.05, 0.1) is 12.3 Å². The number of aromatic nitrogens is 1. The highest BCUT2D eigenvalue weighted by Crippen LogP contribution is 2.23. The molecule has 1 aliphatic rings. The molecule has 1 atom stereocenters. The minimum Gasteiger partial charge on any atom is -0.506 e. The van der Waals surface area contributed by atoms with Crippen molar-refractivity contribution >= 4 is 0 Å². The molecule has 0 aliphatic carbocycles. The average Bonchev–Trinajstić information content (AvgIpc) is 2.58. The molecule has 2 heterocycles. The van der Waals surface area contributed by atoms with E-state index in [1.54, 1.807) is 6.07 Å². The zero-order chi connectivity index (χ0) is 16.9. The van der Waals surface area contributed by atoms with Gasteiger partial charge in [-0.3, -0.25) is 9.88 Å². The van der Waals surface area contributed by atoms with Gasteiger partial charge in [0.25, 0.3) is 0 Å². The second-order valence-electron chi connectivity index (χ2n) is 6.79. The fraction of sp³-hybridized carbons (Fsp3) is 0.450. The molecule has 0 radical (unpaired) electrons. The van der Waals surface area contributed by atoms with Gasteiger partial charge in [-0.15, -0.1) is 0 Å². The number of benzene rings is 1. The van der Waals surface area contributed by atoms with Crippen LogP contribution in [0.15, 0.2) is 36.4 Å². The van der Waals surface area contributed by atoms with E-state index in [2.05, 4.69) is 28.9 Å². The predicted molar refractivity (Wildman–Crippen MR) is 95.3 cm³/mol. The second kappa shape index (κ2) is 7.67. The Bertz CT molecular complexity index is 670. The van der Waals surface area contributed by atoms with Crippen molar-refractivity contribution in [2.45, 2.75) is 33.2 Å². The molecule has 1 fully saturated rings. The van der Waals surface area contributed by atoms with Gasteiger partial charge >= 0.3 is 0 Å². The Labute approximate surface area is 144 Å². The summed E-state index contributed by atoms with van der Waals surface area (Å²) in [6, 6.07) is 11.8. The van der Waals surface area contributed by atoms with Crippen LogP contribution >= 0.6 is 0 Å². The van der Waals surface area contributed by atoms with E-state index < -0.39 is 0 Å². The van der Waals surface area contributed by atoms with Crippen LogP contribution in [0.5, 0.6) is 11.5 Å². The van der Waals surface area contributed by atoms with Crippen molar-refractivity contribution in [1.82, 2.24) is 9.88 Å². The molecule has 1 aromatic carbocycles. The third-order valence-corrected chi connectivity index (χ3v) is 4.57. The van der Waals surface area contributed by atoms with Gasteiger partial charge in [0.1, 0.15) is 11.5 Å². The number of piperidine rings is 1. The van der Waals surface area contributed by atoms with Gasteiger partial charge in [-0.2, -0.15) is 0 Å². The van der Waals surface area contributed by atoms with Gasteiger partial charge in [0.2, 0.25) is 0 Å². The summed E-state index contributed by atoms with van der Waals surface area (Å²) in [5.41, 5.74) is 2.96. The van der Waals surface area contributed by atoms with Crippen LogP contribution in [0.3, 0.4) is 0 Å². The van der Waals surface area contributed by atoms with Crippen LogP contribution in [-0.4, -0.2) is 34.7 Å². The number of hydrogen-bond acceptors (Lipinski definition) is 4. The number of aromatic hydroxyl groups is 1. The Morgan fingerprint density at radius 2 is 1.96 bits per heavy atom. The summed E-state index contributed by atoms with van der Waals surface area (Å²) >= 11 is 0. The topological polar surface area (TPSA) is 45.6 Å². The Morgan fingerprint density at radius 3 is 2.75 bits per heavy atom. The first-order chi connectivity index (χ1) is 11.6. The molecule has 0 bridgehead atoms. The molecule has 24 heavy (non-hydrogen) atoms. The Hall–Kier alpha value is -2.07. The minimum atomic E-state index is 0.290. The zero-order valence-electron chi connectivity index (χ0n) is 14.5. The third kappa shape index (κ3) is 4.48. The lowest BCUT2D eigenvalue weighted by atomic mass is 9.98. The van der Waals surface area contributed by atoms with E-state index in [0.29, 0.717) is 18.2 Å². The Kier molecular flexibility index (Phi) is 5.36. The van der Waals surface area contributed by atoms with Gasteiger partial charge in [0.15, 0.2) is 0 Å². The summed E-state index contributed by atoms with van der Waals surface area (Å²) in [6.07, 6.45) is 2.35. The Morgan fingerprint density at radius 1 is 1.17 bits per heavy atom. The molecule has 0 spiro atoms. The largest absolute Gasteiger partial charge is 0.506 e. The molecule has 1 aromatic heterocycles.